The number of nitrogens with one attached hydrogen (secondary N) is 2. The summed E-state index contributed by atoms with van der Waals surface area (Å²) in [6.45, 7) is 2.40. The van der Waals surface area contributed by atoms with E-state index in [0.29, 0.717) is 24.5 Å². The molecule has 10 heteroatoms. The van der Waals surface area contributed by atoms with Crippen LogP contribution in [0.4, 0.5) is 0 Å². The number of imidazole rings is 1. The average Bonchev–Trinajstić information content (AvgIpc) is 3.21. The number of sulfonamides is 1. The molecule has 0 spiro atoms. The van der Waals surface area contributed by atoms with Crippen molar-refractivity contribution in [1.82, 2.24) is 19.6 Å². The van der Waals surface area contributed by atoms with Crippen LogP contribution in [-0.4, -0.2) is 43.8 Å². The number of amides is 1. The summed E-state index contributed by atoms with van der Waals surface area (Å²) in [5, 5.41) is 2.72. The van der Waals surface area contributed by atoms with Gasteiger partial charge in [-0.05, 0) is 31.0 Å². The minimum atomic E-state index is -3.71. The lowest BCUT2D eigenvalue weighted by atomic mass is 10.1. The van der Waals surface area contributed by atoms with Crippen LogP contribution < -0.4 is 19.5 Å². The number of hydrogen-bond donors (Lipinski definition) is 2. The molecule has 1 aliphatic rings. The maximum atomic E-state index is 12.1. The van der Waals surface area contributed by atoms with E-state index in [-0.39, 0.29) is 30.7 Å². The monoisotopic (exact) mass is 394 g/mol. The summed E-state index contributed by atoms with van der Waals surface area (Å²) in [7, 11) is -2.00. The third-order valence-corrected chi connectivity index (χ3v) is 5.51. The van der Waals surface area contributed by atoms with Crippen molar-refractivity contribution < 1.29 is 22.7 Å². The molecular formula is C17H22N4O5S. The molecule has 0 saturated heterocycles. The van der Waals surface area contributed by atoms with Crippen molar-refractivity contribution in [2.75, 3.05) is 19.9 Å². The molecule has 2 N–H and O–H groups in total. The Kier molecular flexibility index (Phi) is 5.66. The van der Waals surface area contributed by atoms with Crippen LogP contribution in [0.1, 0.15) is 17.8 Å². The Labute approximate surface area is 157 Å². The SMILES string of the molecule is Cc1nc(S(=O)(=O)NCCC(=O)NCCc2ccc3c(c2)OCO3)cn1C. The minimum absolute atomic E-state index is 0.00775. The number of aryl methyl sites for hydroxylation is 2. The second-order valence-electron chi connectivity index (χ2n) is 6.17. The summed E-state index contributed by atoms with van der Waals surface area (Å²) >= 11 is 0. The first-order chi connectivity index (χ1) is 12.8. The first-order valence-corrected chi connectivity index (χ1v) is 9.98. The van der Waals surface area contributed by atoms with Crippen molar-refractivity contribution in [3.63, 3.8) is 0 Å². The Bertz CT molecular complexity index is 919. The molecule has 9 nitrogen and oxygen atoms in total. The Morgan fingerprint density at radius 1 is 1.26 bits per heavy atom. The zero-order valence-corrected chi connectivity index (χ0v) is 16.0. The fourth-order valence-corrected chi connectivity index (χ4v) is 3.63. The molecule has 0 fully saturated rings. The molecule has 3 rings (SSSR count). The van der Waals surface area contributed by atoms with Gasteiger partial charge in [0.05, 0.1) is 0 Å². The number of nitrogens with zero attached hydrogens (tertiary/aromatic N) is 2. The lowest BCUT2D eigenvalue weighted by Gasteiger charge is -2.07. The van der Waals surface area contributed by atoms with Gasteiger partial charge >= 0.3 is 0 Å². The van der Waals surface area contributed by atoms with Crippen molar-refractivity contribution in [2.45, 2.75) is 24.8 Å². The number of fused-ring (bicyclic) bond motifs is 1. The lowest BCUT2D eigenvalue weighted by Crippen LogP contribution is -2.31. The van der Waals surface area contributed by atoms with Gasteiger partial charge in [0, 0.05) is 32.8 Å². The standard InChI is InChI=1S/C17H22N4O5S/c1-12-20-17(10-21(12)2)27(23,24)19-8-6-16(22)18-7-5-13-3-4-14-15(9-13)26-11-25-14/h3-4,9-10,19H,5-8,11H2,1-2H3,(H,18,22). The van der Waals surface area contributed by atoms with Gasteiger partial charge in [0.2, 0.25) is 12.7 Å². The first-order valence-electron chi connectivity index (χ1n) is 8.50. The van der Waals surface area contributed by atoms with E-state index >= 15 is 0 Å². The topological polar surface area (TPSA) is 112 Å². The van der Waals surface area contributed by atoms with E-state index in [0.717, 1.165) is 11.3 Å². The molecule has 0 atom stereocenters. The quantitative estimate of drug-likeness (QED) is 0.674. The summed E-state index contributed by atoms with van der Waals surface area (Å²) in [5.41, 5.74) is 1.02. The molecule has 1 aromatic heterocycles. The molecule has 2 heterocycles. The highest BCUT2D eigenvalue weighted by atomic mass is 32.2. The largest absolute Gasteiger partial charge is 0.454 e. The smallest absolute Gasteiger partial charge is 0.259 e. The summed E-state index contributed by atoms with van der Waals surface area (Å²) < 4.78 is 38.8. The molecule has 146 valence electrons. The van der Waals surface area contributed by atoms with Gasteiger partial charge in [-0.25, -0.2) is 18.1 Å². The lowest BCUT2D eigenvalue weighted by molar-refractivity contribution is -0.120. The second-order valence-corrected chi connectivity index (χ2v) is 7.89. The van der Waals surface area contributed by atoms with Crippen LogP contribution in [0.5, 0.6) is 11.5 Å². The maximum absolute atomic E-state index is 12.1. The van der Waals surface area contributed by atoms with Crippen molar-refractivity contribution in [2.24, 2.45) is 7.05 Å². The molecule has 1 aliphatic heterocycles. The third-order valence-electron chi connectivity index (χ3n) is 4.18. The van der Waals surface area contributed by atoms with E-state index < -0.39 is 10.0 Å². The number of benzene rings is 1. The average molecular weight is 394 g/mol. The molecule has 27 heavy (non-hydrogen) atoms. The van der Waals surface area contributed by atoms with Gasteiger partial charge in [0.15, 0.2) is 16.5 Å². The fourth-order valence-electron chi connectivity index (χ4n) is 2.56. The van der Waals surface area contributed by atoms with Gasteiger partial charge in [-0.2, -0.15) is 0 Å². The van der Waals surface area contributed by atoms with Crippen LogP contribution in [0.25, 0.3) is 0 Å². The van der Waals surface area contributed by atoms with E-state index in [1.54, 1.807) is 18.5 Å². The van der Waals surface area contributed by atoms with Crippen LogP contribution in [0.3, 0.4) is 0 Å². The summed E-state index contributed by atoms with van der Waals surface area (Å²) in [4.78, 5) is 15.9. The number of carbonyl (C=O) groups is 1. The van der Waals surface area contributed by atoms with Crippen molar-refractivity contribution in [3.8, 4) is 11.5 Å². The van der Waals surface area contributed by atoms with E-state index in [1.165, 1.54) is 6.20 Å². The van der Waals surface area contributed by atoms with Crippen LogP contribution in [-0.2, 0) is 28.3 Å². The summed E-state index contributed by atoms with van der Waals surface area (Å²) in [6.07, 6.45) is 2.12. The number of rotatable bonds is 8. The zero-order valence-electron chi connectivity index (χ0n) is 15.2. The maximum Gasteiger partial charge on any atom is 0.259 e. The van der Waals surface area contributed by atoms with Gasteiger partial charge < -0.3 is 19.4 Å². The molecule has 0 aliphatic carbocycles. The summed E-state index contributed by atoms with van der Waals surface area (Å²) in [6, 6.07) is 5.65. The normalized spacial score (nSPS) is 13.0. The van der Waals surface area contributed by atoms with E-state index in [2.05, 4.69) is 15.0 Å². The Morgan fingerprint density at radius 2 is 2.04 bits per heavy atom. The molecular weight excluding hydrogens is 372 g/mol. The van der Waals surface area contributed by atoms with Crippen molar-refractivity contribution in [1.29, 1.82) is 0 Å². The number of ether oxygens (including phenoxy) is 2. The Morgan fingerprint density at radius 3 is 2.78 bits per heavy atom. The molecule has 0 radical (unpaired) electrons. The van der Waals surface area contributed by atoms with Crippen LogP contribution in [0, 0.1) is 6.92 Å². The van der Waals surface area contributed by atoms with Gasteiger partial charge in [-0.3, -0.25) is 4.79 Å². The molecule has 0 unspecified atom stereocenters. The predicted molar refractivity (Wildman–Crippen MR) is 97.0 cm³/mol. The second kappa shape index (κ2) is 7.97. The molecule has 2 aromatic rings. The van der Waals surface area contributed by atoms with Crippen molar-refractivity contribution >= 4 is 15.9 Å². The van der Waals surface area contributed by atoms with E-state index in [4.69, 9.17) is 9.47 Å². The highest BCUT2D eigenvalue weighted by Gasteiger charge is 2.18. The van der Waals surface area contributed by atoms with Gasteiger partial charge in [0.25, 0.3) is 10.0 Å². The zero-order chi connectivity index (χ0) is 19.4. The minimum Gasteiger partial charge on any atom is -0.454 e. The molecule has 1 amide bonds. The molecule has 0 bridgehead atoms. The number of carbonyl (C=O) groups excluding carboxylic acids is 1. The van der Waals surface area contributed by atoms with Crippen LogP contribution in [0.2, 0.25) is 0 Å². The Balaban J connectivity index is 1.39. The highest BCUT2D eigenvalue weighted by Crippen LogP contribution is 2.32. The first kappa shape index (κ1) is 19.2. The number of hydrogen-bond acceptors (Lipinski definition) is 6. The fraction of sp³-hybridized carbons (Fsp3) is 0.412. The highest BCUT2D eigenvalue weighted by molar-refractivity contribution is 7.89. The van der Waals surface area contributed by atoms with E-state index in [1.807, 2.05) is 18.2 Å². The van der Waals surface area contributed by atoms with Crippen molar-refractivity contribution in [3.05, 3.63) is 35.8 Å². The van der Waals surface area contributed by atoms with E-state index in [9.17, 15) is 13.2 Å². The molecule has 1 aromatic carbocycles. The van der Waals surface area contributed by atoms with Crippen LogP contribution in [0.15, 0.2) is 29.4 Å². The third kappa shape index (κ3) is 4.77. The Hall–Kier alpha value is -2.59. The van der Waals surface area contributed by atoms with Crippen LogP contribution >= 0.6 is 0 Å². The van der Waals surface area contributed by atoms with Gasteiger partial charge in [0.1, 0.15) is 5.82 Å². The molecule has 0 saturated carbocycles. The van der Waals surface area contributed by atoms with Gasteiger partial charge in [-0.1, -0.05) is 6.07 Å². The number of aromatic nitrogens is 2. The predicted octanol–water partition coefficient (Wildman–Crippen LogP) is 0.485. The summed E-state index contributed by atoms with van der Waals surface area (Å²) in [5.74, 6) is 1.79. The van der Waals surface area contributed by atoms with Gasteiger partial charge in [-0.15, -0.1) is 0 Å².